The van der Waals surface area contributed by atoms with Gasteiger partial charge in [-0.2, -0.15) is 0 Å². The second-order valence-electron chi connectivity index (χ2n) is 6.84. The number of hydrogen-bond acceptors (Lipinski definition) is 1. The van der Waals surface area contributed by atoms with E-state index in [1.807, 2.05) is 11.3 Å². The van der Waals surface area contributed by atoms with E-state index in [4.69, 9.17) is 0 Å². The van der Waals surface area contributed by atoms with Crippen LogP contribution >= 0.6 is 49.9 Å². The van der Waals surface area contributed by atoms with Gasteiger partial charge in [-0.05, 0) is 62.8 Å². The number of para-hydroxylation sites is 2. The number of aromatic nitrogens is 1. The Morgan fingerprint density at radius 3 is 2.25 bits per heavy atom. The van der Waals surface area contributed by atoms with E-state index in [2.05, 4.69) is 122 Å². The average molecular weight is 554 g/mol. The van der Waals surface area contributed by atoms with Crippen molar-refractivity contribution in [1.82, 2.24) is 4.57 Å². The van der Waals surface area contributed by atoms with Gasteiger partial charge in [-0.1, -0.05) is 54.6 Å². The summed E-state index contributed by atoms with van der Waals surface area (Å²) in [4.78, 5) is 0. The fraction of sp³-hybridized carbons (Fsp3) is 0. The van der Waals surface area contributed by atoms with Crippen molar-refractivity contribution in [3.63, 3.8) is 0 Å². The quantitative estimate of drug-likeness (QED) is 0.180. The Balaban J connectivity index is 1.99. The van der Waals surface area contributed by atoms with Gasteiger partial charge < -0.3 is 4.57 Å². The zero-order valence-corrected chi connectivity index (χ0v) is 19.2. The van der Waals surface area contributed by atoms with Crippen LogP contribution in [0.4, 0.5) is 0 Å². The summed E-state index contributed by atoms with van der Waals surface area (Å²) in [6.07, 6.45) is 0. The molecule has 0 saturated carbocycles. The predicted octanol–water partition coefficient (Wildman–Crippen LogP) is 8.52. The zero-order valence-electron chi connectivity index (χ0n) is 14.6. The summed E-state index contributed by atoms with van der Waals surface area (Å²) in [6.45, 7) is 0. The Bertz CT molecular complexity index is 1530. The molecule has 2 heterocycles. The van der Waals surface area contributed by atoms with Crippen molar-refractivity contribution < 1.29 is 0 Å². The van der Waals surface area contributed by atoms with Gasteiger partial charge in [0.15, 0.2) is 0 Å². The van der Waals surface area contributed by atoms with Gasteiger partial charge >= 0.3 is 0 Å². The van der Waals surface area contributed by atoms with E-state index >= 15 is 0 Å². The van der Waals surface area contributed by atoms with Crippen molar-refractivity contribution >= 4 is 91.8 Å². The van der Waals surface area contributed by atoms with Crippen LogP contribution in [-0.4, -0.2) is 4.57 Å². The first-order valence-corrected chi connectivity index (χ1v) is 11.7. The molecule has 0 N–H and O–H groups in total. The Kier molecular flexibility index (Phi) is 3.83. The van der Waals surface area contributed by atoms with Gasteiger partial charge in [-0.25, -0.2) is 0 Å². The topological polar surface area (TPSA) is 4.93 Å². The van der Waals surface area contributed by atoms with E-state index in [0.717, 1.165) is 0 Å². The highest BCUT2D eigenvalue weighted by Gasteiger charge is 2.22. The molecule has 0 spiro atoms. The first-order chi connectivity index (χ1) is 13.8. The Labute approximate surface area is 187 Å². The number of fused-ring (bicyclic) bond motifs is 7. The van der Waals surface area contributed by atoms with E-state index in [0.29, 0.717) is 0 Å². The molecule has 0 atom stereocenters. The van der Waals surface area contributed by atoms with Crippen LogP contribution in [0, 0.1) is 3.57 Å². The van der Waals surface area contributed by atoms with Gasteiger partial charge in [0.2, 0.25) is 0 Å². The largest absolute Gasteiger partial charge is 0.308 e. The highest BCUT2D eigenvalue weighted by molar-refractivity contribution is 14.1. The molecule has 2 aromatic heterocycles. The van der Waals surface area contributed by atoms with Crippen molar-refractivity contribution in [3.8, 4) is 5.69 Å². The van der Waals surface area contributed by atoms with Crippen molar-refractivity contribution in [3.05, 3.63) is 86.9 Å². The highest BCUT2D eigenvalue weighted by Crippen LogP contribution is 2.48. The smallest absolute Gasteiger partial charge is 0.0731 e. The Hall–Kier alpha value is -1.89. The fourth-order valence-corrected chi connectivity index (χ4v) is 6.98. The Morgan fingerprint density at radius 1 is 0.750 bits per heavy atom. The molecule has 0 aliphatic rings. The van der Waals surface area contributed by atoms with Crippen molar-refractivity contribution in [2.45, 2.75) is 0 Å². The molecular weight excluding hydrogens is 541 g/mol. The van der Waals surface area contributed by atoms with Crippen LogP contribution in [0.15, 0.2) is 83.3 Å². The van der Waals surface area contributed by atoms with Crippen LogP contribution in [-0.2, 0) is 0 Å². The summed E-state index contributed by atoms with van der Waals surface area (Å²) in [6, 6.07) is 28.1. The van der Waals surface area contributed by atoms with E-state index in [1.54, 1.807) is 0 Å². The molecule has 6 aromatic rings. The first kappa shape index (κ1) is 17.0. The lowest BCUT2D eigenvalue weighted by atomic mass is 10.1. The molecule has 0 unspecified atom stereocenters. The van der Waals surface area contributed by atoms with Gasteiger partial charge in [0.25, 0.3) is 0 Å². The maximum atomic E-state index is 3.94. The molecule has 0 bridgehead atoms. The molecule has 0 saturated heterocycles. The maximum Gasteiger partial charge on any atom is 0.0731 e. The number of benzene rings is 4. The average Bonchev–Trinajstić information content (AvgIpc) is 3.29. The monoisotopic (exact) mass is 553 g/mol. The highest BCUT2D eigenvalue weighted by atomic mass is 127. The van der Waals surface area contributed by atoms with Crippen LogP contribution in [0.5, 0.6) is 0 Å². The molecule has 4 aromatic carbocycles. The summed E-state index contributed by atoms with van der Waals surface area (Å²) in [7, 11) is 0. The molecule has 1 nitrogen and oxygen atoms in total. The van der Waals surface area contributed by atoms with Crippen LogP contribution in [0.1, 0.15) is 0 Å². The Morgan fingerprint density at radius 2 is 1.43 bits per heavy atom. The number of rotatable bonds is 1. The molecule has 0 fully saturated rings. The molecule has 28 heavy (non-hydrogen) atoms. The lowest BCUT2D eigenvalue weighted by molar-refractivity contribution is 1.19. The lowest BCUT2D eigenvalue weighted by Crippen LogP contribution is -1.93. The van der Waals surface area contributed by atoms with E-state index in [9.17, 15) is 0 Å². The SMILES string of the molecule is Brc1c(I)c2c3ccccc3n(-c3ccccc3)c2c2sc3ccccc3c12. The minimum Gasteiger partial charge on any atom is -0.308 e. The van der Waals surface area contributed by atoms with Crippen LogP contribution in [0.25, 0.3) is 47.7 Å². The molecule has 6 rings (SSSR count). The van der Waals surface area contributed by atoms with Crippen LogP contribution in [0.3, 0.4) is 0 Å². The molecule has 0 radical (unpaired) electrons. The van der Waals surface area contributed by atoms with E-state index in [1.165, 1.54) is 55.7 Å². The van der Waals surface area contributed by atoms with Crippen molar-refractivity contribution in [1.29, 1.82) is 0 Å². The minimum absolute atomic E-state index is 1.20. The molecule has 134 valence electrons. The molecule has 0 amide bonds. The predicted molar refractivity (Wildman–Crippen MR) is 134 cm³/mol. The summed E-state index contributed by atoms with van der Waals surface area (Å²) in [5.74, 6) is 0. The minimum atomic E-state index is 1.20. The van der Waals surface area contributed by atoms with Gasteiger partial charge in [0, 0.05) is 40.0 Å². The molecular formula is C24H13BrINS. The second kappa shape index (κ2) is 6.31. The second-order valence-corrected chi connectivity index (χ2v) is 9.77. The summed E-state index contributed by atoms with van der Waals surface area (Å²) in [5.41, 5.74) is 3.75. The molecule has 4 heteroatoms. The first-order valence-electron chi connectivity index (χ1n) is 9.02. The number of thiophene rings is 1. The number of nitrogens with zero attached hydrogens (tertiary/aromatic N) is 1. The fourth-order valence-electron chi connectivity index (χ4n) is 4.17. The third kappa shape index (κ3) is 2.22. The summed E-state index contributed by atoms with van der Waals surface area (Å²) in [5, 5.41) is 5.26. The summed E-state index contributed by atoms with van der Waals surface area (Å²) >= 11 is 8.33. The standard InChI is InChI=1S/C24H13BrINS/c25-21-19-16-11-5-7-13-18(16)28-24(19)23-20(22(21)26)15-10-4-6-12-17(15)27(23)14-8-2-1-3-9-14/h1-13H. The van der Waals surface area contributed by atoms with E-state index in [-0.39, 0.29) is 0 Å². The van der Waals surface area contributed by atoms with Crippen molar-refractivity contribution in [2.24, 2.45) is 0 Å². The molecule has 0 aliphatic heterocycles. The lowest BCUT2D eigenvalue weighted by Gasteiger charge is -2.09. The van der Waals surface area contributed by atoms with Crippen molar-refractivity contribution in [2.75, 3.05) is 0 Å². The van der Waals surface area contributed by atoms with Crippen LogP contribution in [0.2, 0.25) is 0 Å². The van der Waals surface area contributed by atoms with Gasteiger partial charge in [-0.3, -0.25) is 0 Å². The third-order valence-electron chi connectivity index (χ3n) is 5.33. The van der Waals surface area contributed by atoms with Gasteiger partial charge in [0.1, 0.15) is 0 Å². The maximum absolute atomic E-state index is 3.94. The molecule has 0 aliphatic carbocycles. The number of halogens is 2. The number of hydrogen-bond donors (Lipinski definition) is 0. The summed E-state index contributed by atoms with van der Waals surface area (Å²) < 4.78 is 7.56. The van der Waals surface area contributed by atoms with Gasteiger partial charge in [-0.15, -0.1) is 11.3 Å². The van der Waals surface area contributed by atoms with Gasteiger partial charge in [0.05, 0.1) is 15.7 Å². The zero-order chi connectivity index (χ0) is 18.8. The normalized spacial score (nSPS) is 11.9. The van der Waals surface area contributed by atoms with E-state index < -0.39 is 0 Å². The third-order valence-corrected chi connectivity index (χ3v) is 9.12. The van der Waals surface area contributed by atoms with Crippen LogP contribution < -0.4 is 0 Å².